The summed E-state index contributed by atoms with van der Waals surface area (Å²) in [6, 6.07) is 9.97. The number of nitrogens with zero attached hydrogens (tertiary/aromatic N) is 5. The molecule has 1 aromatic carbocycles. The maximum atomic E-state index is 12.8. The van der Waals surface area contributed by atoms with Crippen LogP contribution in [0.25, 0.3) is 11.4 Å². The van der Waals surface area contributed by atoms with Crippen LogP contribution >= 0.6 is 0 Å². The molecule has 0 amide bonds. The number of tetrazole rings is 1. The van der Waals surface area contributed by atoms with Crippen LogP contribution in [0.1, 0.15) is 40.3 Å². The third-order valence-electron chi connectivity index (χ3n) is 4.68. The topological polar surface area (TPSA) is 74.8 Å². The van der Waals surface area contributed by atoms with E-state index in [0.29, 0.717) is 18.0 Å². The first-order valence-electron chi connectivity index (χ1n) is 8.96. The number of ether oxygens (including phenoxy) is 1. The smallest absolute Gasteiger partial charge is 0.204 e. The summed E-state index contributed by atoms with van der Waals surface area (Å²) in [4.78, 5) is 14.1. The van der Waals surface area contributed by atoms with E-state index < -0.39 is 0 Å². The van der Waals surface area contributed by atoms with Crippen molar-refractivity contribution in [2.75, 3.05) is 13.7 Å². The Bertz CT molecular complexity index is 940. The predicted octanol–water partition coefficient (Wildman–Crippen LogP) is 3.16. The number of carbonyl (C=O) groups is 1. The second-order valence-electron chi connectivity index (χ2n) is 6.89. The highest BCUT2D eigenvalue weighted by Crippen LogP contribution is 2.21. The molecule has 2 heterocycles. The molecular weight excluding hydrogens is 342 g/mol. The number of benzene rings is 1. The van der Waals surface area contributed by atoms with E-state index in [1.54, 1.807) is 7.11 Å². The number of rotatable bonds is 7. The highest BCUT2D eigenvalue weighted by atomic mass is 16.5. The molecule has 0 aliphatic rings. The van der Waals surface area contributed by atoms with E-state index >= 15 is 0 Å². The second-order valence-corrected chi connectivity index (χ2v) is 6.89. The number of hydrogen-bond acceptors (Lipinski definition) is 5. The molecule has 7 heteroatoms. The lowest BCUT2D eigenvalue weighted by Crippen LogP contribution is -2.16. The van der Waals surface area contributed by atoms with E-state index in [2.05, 4.69) is 26.9 Å². The minimum Gasteiger partial charge on any atom is -0.383 e. The molecule has 0 aliphatic heterocycles. The number of hydrogen-bond donors (Lipinski definition) is 0. The molecule has 142 valence electrons. The maximum absolute atomic E-state index is 12.8. The van der Waals surface area contributed by atoms with Crippen molar-refractivity contribution in [3.05, 3.63) is 52.8 Å². The second kappa shape index (κ2) is 7.84. The van der Waals surface area contributed by atoms with Gasteiger partial charge in [0, 0.05) is 29.6 Å². The molecule has 7 nitrogen and oxygen atoms in total. The lowest BCUT2D eigenvalue weighted by Gasteiger charge is -2.17. The van der Waals surface area contributed by atoms with Crippen LogP contribution < -0.4 is 0 Å². The Morgan fingerprint density at radius 2 is 1.89 bits per heavy atom. The Hall–Kier alpha value is -2.80. The molecule has 27 heavy (non-hydrogen) atoms. The summed E-state index contributed by atoms with van der Waals surface area (Å²) < 4.78 is 7.38. The van der Waals surface area contributed by atoms with Gasteiger partial charge in [-0.15, -0.1) is 10.2 Å². The minimum atomic E-state index is -0.0353. The fraction of sp³-hybridized carbons (Fsp3) is 0.400. The number of carbonyl (C=O) groups excluding carboxylic acids is 1. The lowest BCUT2D eigenvalue weighted by atomic mass is 10.1. The third-order valence-corrected chi connectivity index (χ3v) is 4.68. The average molecular weight is 367 g/mol. The van der Waals surface area contributed by atoms with Gasteiger partial charge in [0.1, 0.15) is 6.54 Å². The molecule has 3 rings (SSSR count). The van der Waals surface area contributed by atoms with Gasteiger partial charge >= 0.3 is 0 Å². The lowest BCUT2D eigenvalue weighted by molar-refractivity contribution is 0.0960. The van der Waals surface area contributed by atoms with Crippen LogP contribution in [0.2, 0.25) is 0 Å². The summed E-state index contributed by atoms with van der Waals surface area (Å²) in [6.07, 6.45) is 0. The van der Waals surface area contributed by atoms with Crippen molar-refractivity contribution in [3.8, 4) is 11.4 Å². The summed E-state index contributed by atoms with van der Waals surface area (Å²) in [6.45, 7) is 8.70. The number of Topliss-reactive ketones (excluding diaryl/α,β-unsaturated/α-hetero) is 1. The van der Waals surface area contributed by atoms with Crippen molar-refractivity contribution >= 4 is 5.78 Å². The van der Waals surface area contributed by atoms with Gasteiger partial charge in [0.2, 0.25) is 5.82 Å². The third kappa shape index (κ3) is 3.98. The molecule has 2 aromatic heterocycles. The van der Waals surface area contributed by atoms with Gasteiger partial charge in [0.25, 0.3) is 0 Å². The molecule has 3 aromatic rings. The molecule has 0 saturated heterocycles. The van der Waals surface area contributed by atoms with Crippen molar-refractivity contribution in [2.45, 2.75) is 40.3 Å². The van der Waals surface area contributed by atoms with Crippen LogP contribution in [0.4, 0.5) is 0 Å². The standard InChI is InChI=1S/C20H25N5O2/c1-13-6-8-17(9-7-13)20-21-23-24(22-20)11-19(26)18-10-14(2)25(16(18)4)15(3)12-27-5/h6-10,15H,11-12H2,1-5H3/t15-/m0/s1. The fourth-order valence-electron chi connectivity index (χ4n) is 3.40. The highest BCUT2D eigenvalue weighted by Gasteiger charge is 2.20. The van der Waals surface area contributed by atoms with E-state index in [4.69, 9.17) is 4.74 Å². The van der Waals surface area contributed by atoms with Crippen LogP contribution in [0.5, 0.6) is 0 Å². The molecule has 0 aliphatic carbocycles. The quantitative estimate of drug-likeness (QED) is 0.600. The maximum Gasteiger partial charge on any atom is 0.204 e. The van der Waals surface area contributed by atoms with Gasteiger partial charge in [-0.05, 0) is 39.0 Å². The fourth-order valence-corrected chi connectivity index (χ4v) is 3.40. The molecule has 0 radical (unpaired) electrons. The zero-order chi connectivity index (χ0) is 19.6. The van der Waals surface area contributed by atoms with Crippen molar-refractivity contribution in [2.24, 2.45) is 0 Å². The first-order valence-corrected chi connectivity index (χ1v) is 8.96. The Morgan fingerprint density at radius 3 is 2.56 bits per heavy atom. The first kappa shape index (κ1) is 19.0. The molecule has 0 bridgehead atoms. The first-order chi connectivity index (χ1) is 12.9. The van der Waals surface area contributed by atoms with E-state index in [0.717, 1.165) is 17.0 Å². The van der Waals surface area contributed by atoms with Crippen molar-refractivity contribution in [3.63, 3.8) is 0 Å². The molecule has 0 saturated carbocycles. The number of methoxy groups -OCH3 is 1. The van der Waals surface area contributed by atoms with Crippen molar-refractivity contribution < 1.29 is 9.53 Å². The summed E-state index contributed by atoms with van der Waals surface area (Å²) in [7, 11) is 1.68. The monoisotopic (exact) mass is 367 g/mol. The number of aromatic nitrogens is 5. The van der Waals surface area contributed by atoms with Crippen molar-refractivity contribution in [1.29, 1.82) is 0 Å². The average Bonchev–Trinajstić information content (AvgIpc) is 3.20. The van der Waals surface area contributed by atoms with Gasteiger partial charge in [0.05, 0.1) is 12.6 Å². The SMILES string of the molecule is COC[C@H](C)n1c(C)cc(C(=O)Cn2nnc(-c3ccc(C)cc3)n2)c1C. The number of ketones is 1. The van der Waals surface area contributed by atoms with Crippen LogP contribution in [-0.4, -0.2) is 44.3 Å². The molecule has 0 spiro atoms. The summed E-state index contributed by atoms with van der Waals surface area (Å²) in [5.74, 6) is 0.480. The normalized spacial score (nSPS) is 12.3. The Kier molecular flexibility index (Phi) is 5.51. The van der Waals surface area contributed by atoms with Gasteiger partial charge < -0.3 is 9.30 Å². The predicted molar refractivity (Wildman–Crippen MR) is 103 cm³/mol. The van der Waals surface area contributed by atoms with Crippen molar-refractivity contribution in [1.82, 2.24) is 24.8 Å². The zero-order valence-corrected chi connectivity index (χ0v) is 16.4. The molecule has 0 unspecified atom stereocenters. The van der Waals surface area contributed by atoms with E-state index in [1.807, 2.05) is 51.1 Å². The summed E-state index contributed by atoms with van der Waals surface area (Å²) in [5.41, 5.74) is 4.70. The molecular formula is C20H25N5O2. The van der Waals surface area contributed by atoms with Gasteiger partial charge in [-0.25, -0.2) is 0 Å². The van der Waals surface area contributed by atoms with Crippen LogP contribution in [-0.2, 0) is 11.3 Å². The van der Waals surface area contributed by atoms with Gasteiger partial charge in [-0.3, -0.25) is 4.79 Å². The summed E-state index contributed by atoms with van der Waals surface area (Å²) >= 11 is 0. The minimum absolute atomic E-state index is 0.0353. The van der Waals surface area contributed by atoms with Crippen LogP contribution in [0, 0.1) is 20.8 Å². The summed E-state index contributed by atoms with van der Waals surface area (Å²) in [5, 5.41) is 12.4. The highest BCUT2D eigenvalue weighted by molar-refractivity contribution is 5.97. The van der Waals surface area contributed by atoms with Crippen LogP contribution in [0.15, 0.2) is 30.3 Å². The van der Waals surface area contributed by atoms with Gasteiger partial charge in [-0.2, -0.15) is 4.80 Å². The zero-order valence-electron chi connectivity index (χ0n) is 16.4. The van der Waals surface area contributed by atoms with E-state index in [1.165, 1.54) is 10.4 Å². The Balaban J connectivity index is 1.78. The van der Waals surface area contributed by atoms with Gasteiger partial charge in [-0.1, -0.05) is 29.8 Å². The molecule has 0 fully saturated rings. The number of aryl methyl sites for hydroxylation is 2. The Labute approximate surface area is 159 Å². The van der Waals surface area contributed by atoms with Crippen LogP contribution in [0.3, 0.4) is 0 Å². The Morgan fingerprint density at radius 1 is 1.19 bits per heavy atom. The van der Waals surface area contributed by atoms with E-state index in [-0.39, 0.29) is 18.4 Å². The molecule has 0 N–H and O–H groups in total. The molecule has 1 atom stereocenters. The van der Waals surface area contributed by atoms with Gasteiger partial charge in [0.15, 0.2) is 5.78 Å². The van der Waals surface area contributed by atoms with E-state index in [9.17, 15) is 4.79 Å². The largest absolute Gasteiger partial charge is 0.383 e.